The maximum atomic E-state index is 13.6. The number of amides is 4. The monoisotopic (exact) mass is 640 g/mol. The lowest BCUT2D eigenvalue weighted by Gasteiger charge is -2.34. The van der Waals surface area contributed by atoms with Gasteiger partial charge in [-0.2, -0.15) is 5.10 Å². The van der Waals surface area contributed by atoms with Gasteiger partial charge < -0.3 is 30.7 Å². The number of hydrogen-bond donors (Lipinski definition) is 3. The number of urea groups is 1. The van der Waals surface area contributed by atoms with Crippen molar-refractivity contribution < 1.29 is 14.4 Å². The van der Waals surface area contributed by atoms with Crippen molar-refractivity contribution in [2.45, 2.75) is 65.1 Å². The van der Waals surface area contributed by atoms with E-state index in [2.05, 4.69) is 41.6 Å². The van der Waals surface area contributed by atoms with E-state index in [0.29, 0.717) is 24.3 Å². The van der Waals surface area contributed by atoms with E-state index in [1.165, 1.54) is 12.8 Å². The molecule has 1 spiro atoms. The van der Waals surface area contributed by atoms with E-state index in [-0.39, 0.29) is 35.2 Å². The molecule has 4 heterocycles. The first kappa shape index (κ1) is 32.6. The van der Waals surface area contributed by atoms with E-state index in [4.69, 9.17) is 5.10 Å². The van der Waals surface area contributed by atoms with Crippen LogP contribution in [-0.2, 0) is 13.1 Å². The second kappa shape index (κ2) is 13.4. The summed E-state index contributed by atoms with van der Waals surface area (Å²) in [5.41, 5.74) is 6.03. The standard InChI is InChI=1S/C36H48N8O3/c1-24(2)44-32-25(3)20-43(29-13-9-27(10-14-29)34(46)41(4)5)21-30(32)31(40-44)33(45)38-19-26-7-11-28(12-8-26)39-35(47)42-18-16-36(23-42)15-6-17-37-22-36/h7-14,24-25,37H,6,15-23H2,1-5H3,(H,38,45)(H,39,47)/t25-,36?/m0/s1. The first-order valence-corrected chi connectivity index (χ1v) is 16.9. The topological polar surface area (TPSA) is 115 Å². The largest absolute Gasteiger partial charge is 0.366 e. The van der Waals surface area contributed by atoms with E-state index in [0.717, 1.165) is 67.3 Å². The van der Waals surface area contributed by atoms with E-state index >= 15 is 0 Å². The summed E-state index contributed by atoms with van der Waals surface area (Å²) in [6.45, 7) is 11.7. The van der Waals surface area contributed by atoms with Crippen molar-refractivity contribution >= 4 is 29.2 Å². The van der Waals surface area contributed by atoms with Crippen LogP contribution in [0.3, 0.4) is 0 Å². The first-order chi connectivity index (χ1) is 22.5. The minimum absolute atomic E-state index is 0.0326. The average molecular weight is 641 g/mol. The highest BCUT2D eigenvalue weighted by Crippen LogP contribution is 2.37. The second-order valence-electron chi connectivity index (χ2n) is 14.0. The molecular formula is C36H48N8O3. The summed E-state index contributed by atoms with van der Waals surface area (Å²) in [7, 11) is 3.49. The molecule has 4 amide bonds. The molecule has 11 heteroatoms. The van der Waals surface area contributed by atoms with Crippen LogP contribution in [0, 0.1) is 5.41 Å². The zero-order chi connectivity index (χ0) is 33.3. The zero-order valence-corrected chi connectivity index (χ0v) is 28.3. The Hall–Kier alpha value is -4.38. The third-order valence-electron chi connectivity index (χ3n) is 9.89. The molecule has 0 aliphatic carbocycles. The van der Waals surface area contributed by atoms with E-state index in [1.54, 1.807) is 19.0 Å². The van der Waals surface area contributed by atoms with Crippen molar-refractivity contribution in [1.29, 1.82) is 0 Å². The Labute approximate surface area is 277 Å². The molecule has 2 aromatic carbocycles. The van der Waals surface area contributed by atoms with Gasteiger partial charge in [-0.1, -0.05) is 19.1 Å². The normalized spacial score (nSPS) is 20.8. The van der Waals surface area contributed by atoms with Crippen LogP contribution in [0.1, 0.15) is 89.7 Å². The lowest BCUT2D eigenvalue weighted by molar-refractivity contribution is 0.0827. The Balaban J connectivity index is 1.10. The molecule has 1 aromatic heterocycles. The third kappa shape index (κ3) is 6.86. The molecule has 2 fully saturated rings. The number of nitrogens with one attached hydrogen (secondary N) is 3. The smallest absolute Gasteiger partial charge is 0.321 e. The number of anilines is 2. The maximum absolute atomic E-state index is 13.6. The van der Waals surface area contributed by atoms with Gasteiger partial charge in [0, 0.05) is 98.9 Å². The molecule has 6 rings (SSSR count). The van der Waals surface area contributed by atoms with E-state index in [1.807, 2.05) is 58.1 Å². The Kier molecular flexibility index (Phi) is 9.27. The van der Waals surface area contributed by atoms with Gasteiger partial charge in [0.15, 0.2) is 5.69 Å². The fraction of sp³-hybridized carbons (Fsp3) is 0.500. The van der Waals surface area contributed by atoms with Gasteiger partial charge in [0.25, 0.3) is 11.8 Å². The van der Waals surface area contributed by atoms with Gasteiger partial charge in [-0.25, -0.2) is 4.79 Å². The van der Waals surface area contributed by atoms with Gasteiger partial charge in [0.05, 0.1) is 0 Å². The lowest BCUT2D eigenvalue weighted by Crippen LogP contribution is -2.43. The van der Waals surface area contributed by atoms with Crippen LogP contribution < -0.4 is 20.9 Å². The number of aromatic nitrogens is 2. The average Bonchev–Trinajstić information content (AvgIpc) is 3.67. The Morgan fingerprint density at radius 1 is 1.06 bits per heavy atom. The number of nitrogens with zero attached hydrogens (tertiary/aromatic N) is 5. The van der Waals surface area contributed by atoms with Gasteiger partial charge >= 0.3 is 6.03 Å². The predicted octanol–water partition coefficient (Wildman–Crippen LogP) is 4.83. The number of rotatable bonds is 7. The summed E-state index contributed by atoms with van der Waals surface area (Å²) in [5, 5.41) is 14.5. The number of benzene rings is 2. The highest BCUT2D eigenvalue weighted by molar-refractivity contribution is 5.95. The van der Waals surface area contributed by atoms with Gasteiger partial charge in [-0.3, -0.25) is 14.3 Å². The van der Waals surface area contributed by atoms with Crippen LogP contribution >= 0.6 is 0 Å². The predicted molar refractivity (Wildman–Crippen MR) is 184 cm³/mol. The van der Waals surface area contributed by atoms with Gasteiger partial charge in [0.1, 0.15) is 0 Å². The summed E-state index contributed by atoms with van der Waals surface area (Å²) in [5.74, 6) is -0.0829. The maximum Gasteiger partial charge on any atom is 0.321 e. The summed E-state index contributed by atoms with van der Waals surface area (Å²) in [6, 6.07) is 15.4. The number of hydrogen-bond acceptors (Lipinski definition) is 6. The highest BCUT2D eigenvalue weighted by atomic mass is 16.2. The molecule has 0 radical (unpaired) electrons. The first-order valence-electron chi connectivity index (χ1n) is 16.9. The van der Waals surface area contributed by atoms with Crippen LogP contribution in [0.15, 0.2) is 48.5 Å². The summed E-state index contributed by atoms with van der Waals surface area (Å²) >= 11 is 0. The number of fused-ring (bicyclic) bond motifs is 1. The Morgan fingerprint density at radius 3 is 2.47 bits per heavy atom. The van der Waals surface area contributed by atoms with Crippen molar-refractivity contribution in [2.75, 3.05) is 57.0 Å². The van der Waals surface area contributed by atoms with Crippen molar-refractivity contribution in [1.82, 2.24) is 30.2 Å². The molecule has 11 nitrogen and oxygen atoms in total. The SMILES string of the molecule is CC(C)n1nc(C(=O)NCc2ccc(NC(=O)N3CCC4(CCCNC4)C3)cc2)c2c1[C@@H](C)CN(c1ccc(C(=O)N(C)C)cc1)C2. The molecule has 0 bridgehead atoms. The van der Waals surface area contributed by atoms with Crippen LogP contribution in [0.5, 0.6) is 0 Å². The quantitative estimate of drug-likeness (QED) is 0.341. The summed E-state index contributed by atoms with van der Waals surface area (Å²) in [4.78, 5) is 44.8. The summed E-state index contributed by atoms with van der Waals surface area (Å²) in [6.07, 6.45) is 3.40. The van der Waals surface area contributed by atoms with Gasteiger partial charge in [-0.15, -0.1) is 0 Å². The lowest BCUT2D eigenvalue weighted by atomic mass is 9.80. The Morgan fingerprint density at radius 2 is 1.81 bits per heavy atom. The fourth-order valence-electron chi connectivity index (χ4n) is 7.34. The molecule has 2 saturated heterocycles. The molecule has 2 atom stereocenters. The minimum atomic E-state index is -0.209. The van der Waals surface area contributed by atoms with Crippen LogP contribution in [-0.4, -0.2) is 84.2 Å². The third-order valence-corrected chi connectivity index (χ3v) is 9.89. The van der Waals surface area contributed by atoms with Crippen LogP contribution in [0.4, 0.5) is 16.2 Å². The van der Waals surface area contributed by atoms with Crippen molar-refractivity contribution in [2.24, 2.45) is 5.41 Å². The van der Waals surface area contributed by atoms with Crippen molar-refractivity contribution in [3.63, 3.8) is 0 Å². The van der Waals surface area contributed by atoms with Gasteiger partial charge in [-0.05, 0) is 81.6 Å². The van der Waals surface area contributed by atoms with Crippen LogP contribution in [0.2, 0.25) is 0 Å². The highest BCUT2D eigenvalue weighted by Gasteiger charge is 2.40. The molecule has 3 aliphatic heterocycles. The van der Waals surface area contributed by atoms with E-state index < -0.39 is 0 Å². The molecule has 3 aliphatic rings. The molecule has 3 N–H and O–H groups in total. The van der Waals surface area contributed by atoms with Crippen LogP contribution in [0.25, 0.3) is 0 Å². The molecule has 3 aromatic rings. The zero-order valence-electron chi connectivity index (χ0n) is 28.3. The van der Waals surface area contributed by atoms with Crippen molar-refractivity contribution in [3.8, 4) is 0 Å². The number of carbonyl (C=O) groups excluding carboxylic acids is 3. The Bertz CT molecular complexity index is 1610. The fourth-order valence-corrected chi connectivity index (χ4v) is 7.34. The van der Waals surface area contributed by atoms with E-state index in [9.17, 15) is 14.4 Å². The second-order valence-corrected chi connectivity index (χ2v) is 14.0. The molecule has 1 unspecified atom stereocenters. The number of piperidine rings is 1. The summed E-state index contributed by atoms with van der Waals surface area (Å²) < 4.78 is 2.00. The number of likely N-dealkylation sites (tertiary alicyclic amines) is 1. The number of carbonyl (C=O) groups is 3. The van der Waals surface area contributed by atoms with Crippen molar-refractivity contribution in [3.05, 3.63) is 76.6 Å². The molecule has 47 heavy (non-hydrogen) atoms. The molecule has 0 saturated carbocycles. The van der Waals surface area contributed by atoms with Gasteiger partial charge in [0.2, 0.25) is 0 Å². The molecule has 250 valence electrons. The minimum Gasteiger partial charge on any atom is -0.366 e. The molecular weight excluding hydrogens is 592 g/mol.